The molecular formula is C20H18N6O2. The highest BCUT2D eigenvalue weighted by molar-refractivity contribution is 5.94. The van der Waals surface area contributed by atoms with Gasteiger partial charge in [0.2, 0.25) is 5.82 Å². The second-order valence-electron chi connectivity index (χ2n) is 6.72. The Morgan fingerprint density at radius 3 is 2.89 bits per heavy atom. The van der Waals surface area contributed by atoms with E-state index in [2.05, 4.69) is 25.5 Å². The molecule has 1 amide bonds. The maximum absolute atomic E-state index is 12.6. The van der Waals surface area contributed by atoms with Gasteiger partial charge in [-0.25, -0.2) is 4.98 Å². The minimum Gasteiger partial charge on any atom is -0.496 e. The number of methoxy groups -OCH3 is 1. The lowest BCUT2D eigenvalue weighted by molar-refractivity contribution is 0.0950. The van der Waals surface area contributed by atoms with Crippen LogP contribution in [0.5, 0.6) is 5.75 Å². The first-order valence-electron chi connectivity index (χ1n) is 9.04. The Labute approximate surface area is 160 Å². The van der Waals surface area contributed by atoms with E-state index in [-0.39, 0.29) is 11.8 Å². The number of aromatic nitrogens is 5. The summed E-state index contributed by atoms with van der Waals surface area (Å²) in [5, 5.41) is 11.4. The summed E-state index contributed by atoms with van der Waals surface area (Å²) in [7, 11) is 1.66. The van der Waals surface area contributed by atoms with Crippen LogP contribution in [0.4, 0.5) is 0 Å². The first kappa shape index (κ1) is 16.5. The fourth-order valence-corrected chi connectivity index (χ4v) is 3.70. The molecule has 1 aliphatic rings. The summed E-state index contributed by atoms with van der Waals surface area (Å²) in [6.45, 7) is 0.520. The molecule has 28 heavy (non-hydrogen) atoms. The maximum atomic E-state index is 12.6. The van der Waals surface area contributed by atoms with E-state index in [9.17, 15) is 4.79 Å². The van der Waals surface area contributed by atoms with Crippen LogP contribution >= 0.6 is 0 Å². The number of benzene rings is 1. The number of carbonyl (C=O) groups is 1. The average Bonchev–Trinajstić information content (AvgIpc) is 3.31. The van der Waals surface area contributed by atoms with E-state index in [4.69, 9.17) is 4.74 Å². The molecule has 8 nitrogen and oxygen atoms in total. The van der Waals surface area contributed by atoms with Gasteiger partial charge >= 0.3 is 0 Å². The third kappa shape index (κ3) is 2.61. The topological polar surface area (TPSA) is 97.2 Å². The van der Waals surface area contributed by atoms with E-state index < -0.39 is 0 Å². The SMILES string of the molecule is COc1ccccc1[C@H]1CNC(=O)c2nc(-c3nnc4ccccn34)[nH]c2C1. The van der Waals surface area contributed by atoms with Gasteiger partial charge in [0.05, 0.1) is 7.11 Å². The van der Waals surface area contributed by atoms with Crippen molar-refractivity contribution in [3.8, 4) is 17.4 Å². The molecule has 0 bridgehead atoms. The van der Waals surface area contributed by atoms with Gasteiger partial charge in [-0.1, -0.05) is 24.3 Å². The highest BCUT2D eigenvalue weighted by atomic mass is 16.5. The minimum atomic E-state index is -0.191. The lowest BCUT2D eigenvalue weighted by atomic mass is 9.93. The Morgan fingerprint density at radius 2 is 2.00 bits per heavy atom. The van der Waals surface area contributed by atoms with Crippen molar-refractivity contribution >= 4 is 11.6 Å². The summed E-state index contributed by atoms with van der Waals surface area (Å²) in [6.07, 6.45) is 2.51. The zero-order chi connectivity index (χ0) is 19.1. The summed E-state index contributed by atoms with van der Waals surface area (Å²) >= 11 is 0. The third-order valence-electron chi connectivity index (χ3n) is 5.06. The van der Waals surface area contributed by atoms with Crippen molar-refractivity contribution in [1.29, 1.82) is 0 Å². The van der Waals surface area contributed by atoms with Gasteiger partial charge in [0, 0.05) is 24.4 Å². The largest absolute Gasteiger partial charge is 0.496 e. The van der Waals surface area contributed by atoms with E-state index in [1.807, 2.05) is 53.1 Å². The molecule has 0 fully saturated rings. The Kier molecular flexibility index (Phi) is 3.82. The number of aromatic amines is 1. The van der Waals surface area contributed by atoms with E-state index in [0.29, 0.717) is 30.3 Å². The number of imidazole rings is 1. The molecule has 0 spiro atoms. The van der Waals surface area contributed by atoms with Crippen molar-refractivity contribution in [2.24, 2.45) is 0 Å². The van der Waals surface area contributed by atoms with Crippen LogP contribution in [-0.4, -0.2) is 44.1 Å². The maximum Gasteiger partial charge on any atom is 0.271 e. The second kappa shape index (κ2) is 6.49. The second-order valence-corrected chi connectivity index (χ2v) is 6.72. The van der Waals surface area contributed by atoms with Crippen molar-refractivity contribution in [2.75, 3.05) is 13.7 Å². The van der Waals surface area contributed by atoms with Crippen LogP contribution in [0.2, 0.25) is 0 Å². The van der Waals surface area contributed by atoms with Gasteiger partial charge in [-0.05, 0) is 30.2 Å². The standard InChI is InChI=1S/C20H18N6O2/c1-28-15-7-3-2-6-13(15)12-10-14-17(20(27)21-11-12)23-18(22-14)19-25-24-16-8-4-5-9-26(16)19/h2-9,12H,10-11H2,1H3,(H,21,27)(H,22,23)/t12-/m1/s1. The van der Waals surface area contributed by atoms with Crippen LogP contribution in [0.15, 0.2) is 48.7 Å². The number of amides is 1. The van der Waals surface area contributed by atoms with Gasteiger partial charge in [0.1, 0.15) is 11.4 Å². The van der Waals surface area contributed by atoms with Crippen LogP contribution in [0.25, 0.3) is 17.3 Å². The van der Waals surface area contributed by atoms with E-state index in [1.165, 1.54) is 0 Å². The van der Waals surface area contributed by atoms with Crippen LogP contribution in [0.3, 0.4) is 0 Å². The fraction of sp³-hybridized carbons (Fsp3) is 0.200. The molecule has 0 radical (unpaired) electrons. The quantitative estimate of drug-likeness (QED) is 0.573. The molecule has 5 rings (SSSR count). The molecule has 4 heterocycles. The average molecular weight is 374 g/mol. The van der Waals surface area contributed by atoms with Crippen molar-refractivity contribution < 1.29 is 9.53 Å². The molecule has 0 saturated heterocycles. The molecule has 1 aliphatic heterocycles. The van der Waals surface area contributed by atoms with Crippen LogP contribution in [0.1, 0.15) is 27.7 Å². The predicted molar refractivity (Wildman–Crippen MR) is 102 cm³/mol. The number of hydrogen-bond donors (Lipinski definition) is 2. The Bertz CT molecular complexity index is 1180. The highest BCUT2D eigenvalue weighted by Gasteiger charge is 2.28. The Morgan fingerprint density at radius 1 is 1.14 bits per heavy atom. The minimum absolute atomic E-state index is 0.0739. The van der Waals surface area contributed by atoms with Gasteiger partial charge in [-0.2, -0.15) is 0 Å². The smallest absolute Gasteiger partial charge is 0.271 e. The van der Waals surface area contributed by atoms with Crippen molar-refractivity contribution in [2.45, 2.75) is 12.3 Å². The summed E-state index contributed by atoms with van der Waals surface area (Å²) in [5.74, 6) is 1.80. The molecule has 0 aliphatic carbocycles. The number of carbonyl (C=O) groups excluding carboxylic acids is 1. The molecule has 8 heteroatoms. The number of H-pyrrole nitrogens is 1. The highest BCUT2D eigenvalue weighted by Crippen LogP contribution is 2.31. The van der Waals surface area contributed by atoms with E-state index in [1.54, 1.807) is 7.11 Å². The van der Waals surface area contributed by atoms with Crippen molar-refractivity contribution in [3.05, 3.63) is 65.6 Å². The fourth-order valence-electron chi connectivity index (χ4n) is 3.70. The van der Waals surface area contributed by atoms with Crippen LogP contribution < -0.4 is 10.1 Å². The lowest BCUT2D eigenvalue weighted by Gasteiger charge is -2.17. The van der Waals surface area contributed by atoms with Gasteiger partial charge < -0.3 is 15.0 Å². The molecule has 3 aromatic heterocycles. The Balaban J connectivity index is 1.56. The molecular weight excluding hydrogens is 356 g/mol. The number of ether oxygens (including phenoxy) is 1. The zero-order valence-corrected chi connectivity index (χ0v) is 15.2. The zero-order valence-electron chi connectivity index (χ0n) is 15.2. The number of fused-ring (bicyclic) bond motifs is 2. The number of para-hydroxylation sites is 1. The third-order valence-corrected chi connectivity index (χ3v) is 5.06. The molecule has 1 atom stereocenters. The van der Waals surface area contributed by atoms with Gasteiger partial charge in [-0.15, -0.1) is 10.2 Å². The normalized spacial score (nSPS) is 16.5. The van der Waals surface area contributed by atoms with E-state index in [0.717, 1.165) is 22.7 Å². The number of rotatable bonds is 3. The first-order valence-corrected chi connectivity index (χ1v) is 9.04. The number of hydrogen-bond acceptors (Lipinski definition) is 5. The molecule has 2 N–H and O–H groups in total. The Hall–Kier alpha value is -3.68. The first-order chi connectivity index (χ1) is 13.7. The number of nitrogens with one attached hydrogen (secondary N) is 2. The molecule has 0 saturated carbocycles. The summed E-state index contributed by atoms with van der Waals surface area (Å²) in [5.41, 5.74) is 2.97. The summed E-state index contributed by atoms with van der Waals surface area (Å²) in [4.78, 5) is 20.4. The molecule has 1 aromatic carbocycles. The summed E-state index contributed by atoms with van der Waals surface area (Å²) < 4.78 is 7.35. The molecule has 0 unspecified atom stereocenters. The van der Waals surface area contributed by atoms with Crippen molar-refractivity contribution in [1.82, 2.24) is 29.9 Å². The molecule has 140 valence electrons. The molecule has 4 aromatic rings. The lowest BCUT2D eigenvalue weighted by Crippen LogP contribution is -2.26. The van der Waals surface area contributed by atoms with Crippen LogP contribution in [0, 0.1) is 0 Å². The predicted octanol–water partition coefficient (Wildman–Crippen LogP) is 2.20. The van der Waals surface area contributed by atoms with E-state index >= 15 is 0 Å². The van der Waals surface area contributed by atoms with Gasteiger partial charge in [0.25, 0.3) is 5.91 Å². The summed E-state index contributed by atoms with van der Waals surface area (Å²) in [6, 6.07) is 13.6. The van der Waals surface area contributed by atoms with Crippen LogP contribution in [-0.2, 0) is 6.42 Å². The van der Waals surface area contributed by atoms with Crippen molar-refractivity contribution in [3.63, 3.8) is 0 Å². The number of pyridine rings is 1. The monoisotopic (exact) mass is 374 g/mol. The van der Waals surface area contributed by atoms with Gasteiger partial charge in [0.15, 0.2) is 11.5 Å². The number of nitrogens with zero attached hydrogens (tertiary/aromatic N) is 4. The van der Waals surface area contributed by atoms with Gasteiger partial charge in [-0.3, -0.25) is 9.20 Å².